The van der Waals surface area contributed by atoms with Gasteiger partial charge in [0.1, 0.15) is 0 Å². The molecule has 1 fully saturated rings. The molecule has 0 heterocycles. The molecule has 1 aliphatic rings. The highest BCUT2D eigenvalue weighted by molar-refractivity contribution is 7.80. The first-order valence-corrected chi connectivity index (χ1v) is 6.49. The van der Waals surface area contributed by atoms with Crippen LogP contribution < -0.4 is 5.73 Å². The summed E-state index contributed by atoms with van der Waals surface area (Å²) < 4.78 is 0. The molecule has 92 valence electrons. The fourth-order valence-corrected chi connectivity index (χ4v) is 2.05. The highest BCUT2D eigenvalue weighted by Gasteiger charge is 2.24. The lowest BCUT2D eigenvalue weighted by atomic mass is 9.82. The third-order valence-electron chi connectivity index (χ3n) is 3.23. The molecule has 0 saturated heterocycles. The van der Waals surface area contributed by atoms with Crippen LogP contribution in [0.1, 0.15) is 46.0 Å². The molecule has 0 aromatic rings. The number of carbonyl (C=O) groups excluding carboxylic acids is 1. The van der Waals surface area contributed by atoms with E-state index in [1.54, 1.807) is 0 Å². The summed E-state index contributed by atoms with van der Waals surface area (Å²) in [4.78, 5) is 14.4. The highest BCUT2D eigenvalue weighted by atomic mass is 32.1. The molecule has 0 spiro atoms. The monoisotopic (exact) mass is 242 g/mol. The van der Waals surface area contributed by atoms with Gasteiger partial charge in [-0.3, -0.25) is 4.79 Å². The van der Waals surface area contributed by atoms with Gasteiger partial charge in [-0.25, -0.2) is 0 Å². The SMILES string of the molecule is CC(C)N(CCC(N)=S)C(=O)CC1CCC1. The third-order valence-corrected chi connectivity index (χ3v) is 3.43. The van der Waals surface area contributed by atoms with Gasteiger partial charge >= 0.3 is 0 Å². The Morgan fingerprint density at radius 3 is 2.50 bits per heavy atom. The average molecular weight is 242 g/mol. The summed E-state index contributed by atoms with van der Waals surface area (Å²) in [7, 11) is 0. The van der Waals surface area contributed by atoms with Crippen LogP contribution in [0.2, 0.25) is 0 Å². The number of hydrogen-bond donors (Lipinski definition) is 1. The first-order chi connectivity index (χ1) is 7.50. The maximum absolute atomic E-state index is 12.0. The molecule has 0 atom stereocenters. The van der Waals surface area contributed by atoms with Gasteiger partial charge in [0.2, 0.25) is 5.91 Å². The van der Waals surface area contributed by atoms with Crippen molar-refractivity contribution in [1.29, 1.82) is 0 Å². The van der Waals surface area contributed by atoms with Crippen LogP contribution in [0.15, 0.2) is 0 Å². The summed E-state index contributed by atoms with van der Waals surface area (Å²) in [5.74, 6) is 0.884. The van der Waals surface area contributed by atoms with Crippen LogP contribution in [0.4, 0.5) is 0 Å². The molecule has 0 aromatic heterocycles. The maximum Gasteiger partial charge on any atom is 0.223 e. The summed E-state index contributed by atoms with van der Waals surface area (Å²) in [6.45, 7) is 4.75. The second-order valence-corrected chi connectivity index (χ2v) is 5.42. The van der Waals surface area contributed by atoms with E-state index in [9.17, 15) is 4.79 Å². The van der Waals surface area contributed by atoms with E-state index < -0.39 is 0 Å². The van der Waals surface area contributed by atoms with Crippen molar-refractivity contribution in [3.63, 3.8) is 0 Å². The lowest BCUT2D eigenvalue weighted by molar-refractivity contribution is -0.134. The van der Waals surface area contributed by atoms with E-state index >= 15 is 0 Å². The minimum atomic E-state index is 0.238. The van der Waals surface area contributed by atoms with Gasteiger partial charge in [0.05, 0.1) is 4.99 Å². The fraction of sp³-hybridized carbons (Fsp3) is 0.833. The number of hydrogen-bond acceptors (Lipinski definition) is 2. The Kier molecular flexibility index (Phi) is 5.19. The van der Waals surface area contributed by atoms with E-state index in [2.05, 4.69) is 0 Å². The molecule has 1 rings (SSSR count). The minimum absolute atomic E-state index is 0.238. The van der Waals surface area contributed by atoms with Gasteiger partial charge in [-0.05, 0) is 32.6 Å². The quantitative estimate of drug-likeness (QED) is 0.725. The lowest BCUT2D eigenvalue weighted by Gasteiger charge is -2.31. The standard InChI is InChI=1S/C12H22N2OS/c1-9(2)14(7-6-11(13)16)12(15)8-10-4-3-5-10/h9-10H,3-8H2,1-2H3,(H2,13,16). The Balaban J connectivity index is 2.40. The molecule has 1 aliphatic carbocycles. The molecule has 0 aromatic carbocycles. The topological polar surface area (TPSA) is 46.3 Å². The number of amides is 1. The number of nitrogens with two attached hydrogens (primary N) is 1. The molecule has 1 saturated carbocycles. The molecular weight excluding hydrogens is 220 g/mol. The Morgan fingerprint density at radius 1 is 1.50 bits per heavy atom. The van der Waals surface area contributed by atoms with E-state index in [4.69, 9.17) is 18.0 Å². The van der Waals surface area contributed by atoms with Gasteiger partial charge in [-0.15, -0.1) is 0 Å². The zero-order valence-corrected chi connectivity index (χ0v) is 11.1. The molecule has 0 unspecified atom stereocenters. The van der Waals surface area contributed by atoms with Crippen LogP contribution in [0.25, 0.3) is 0 Å². The van der Waals surface area contributed by atoms with Crippen molar-refractivity contribution in [2.45, 2.75) is 52.0 Å². The van der Waals surface area contributed by atoms with Crippen molar-refractivity contribution in [1.82, 2.24) is 4.90 Å². The first-order valence-electron chi connectivity index (χ1n) is 6.08. The van der Waals surface area contributed by atoms with Gasteiger partial charge in [0.15, 0.2) is 0 Å². The lowest BCUT2D eigenvalue weighted by Crippen LogP contribution is -2.40. The summed E-state index contributed by atoms with van der Waals surface area (Å²) in [6, 6.07) is 0.238. The molecule has 3 nitrogen and oxygen atoms in total. The largest absolute Gasteiger partial charge is 0.393 e. The smallest absolute Gasteiger partial charge is 0.223 e. The molecule has 0 bridgehead atoms. The van der Waals surface area contributed by atoms with Crippen LogP contribution in [0.5, 0.6) is 0 Å². The number of carbonyl (C=O) groups is 1. The number of thiocarbonyl (C=S) groups is 1. The van der Waals surface area contributed by atoms with Gasteiger partial charge in [0.25, 0.3) is 0 Å². The Labute approximate surface area is 103 Å². The van der Waals surface area contributed by atoms with Crippen LogP contribution in [0, 0.1) is 5.92 Å². The van der Waals surface area contributed by atoms with Gasteiger partial charge in [-0.1, -0.05) is 18.6 Å². The fourth-order valence-electron chi connectivity index (χ4n) is 1.96. The van der Waals surface area contributed by atoms with Gasteiger partial charge in [0, 0.05) is 25.4 Å². The third kappa shape index (κ3) is 4.08. The second kappa shape index (κ2) is 6.18. The normalized spacial score (nSPS) is 15.9. The maximum atomic E-state index is 12.0. The van der Waals surface area contributed by atoms with Crippen LogP contribution in [0.3, 0.4) is 0 Å². The van der Waals surface area contributed by atoms with E-state index in [1.165, 1.54) is 19.3 Å². The zero-order chi connectivity index (χ0) is 12.1. The van der Waals surface area contributed by atoms with Crippen LogP contribution in [-0.4, -0.2) is 28.4 Å². The Morgan fingerprint density at radius 2 is 2.12 bits per heavy atom. The Bertz CT molecular complexity index is 262. The average Bonchev–Trinajstić information content (AvgIpc) is 2.10. The summed E-state index contributed by atoms with van der Waals surface area (Å²) in [5, 5.41) is 0. The summed E-state index contributed by atoms with van der Waals surface area (Å²) >= 11 is 4.85. The van der Waals surface area contributed by atoms with E-state index in [-0.39, 0.29) is 11.9 Å². The van der Waals surface area contributed by atoms with Crippen molar-refractivity contribution < 1.29 is 4.79 Å². The minimum Gasteiger partial charge on any atom is -0.393 e. The molecule has 4 heteroatoms. The molecule has 1 amide bonds. The van der Waals surface area contributed by atoms with Crippen LogP contribution in [-0.2, 0) is 4.79 Å². The van der Waals surface area contributed by atoms with Crippen molar-refractivity contribution in [3.05, 3.63) is 0 Å². The molecule has 0 aliphatic heterocycles. The zero-order valence-electron chi connectivity index (χ0n) is 10.2. The summed E-state index contributed by atoms with van der Waals surface area (Å²) in [5.41, 5.74) is 5.47. The predicted octanol–water partition coefficient (Wildman–Crippen LogP) is 2.09. The van der Waals surface area contributed by atoms with E-state index in [0.29, 0.717) is 30.3 Å². The summed E-state index contributed by atoms with van der Waals surface area (Å²) in [6.07, 6.45) is 5.05. The molecule has 16 heavy (non-hydrogen) atoms. The number of nitrogens with zero attached hydrogens (tertiary/aromatic N) is 1. The van der Waals surface area contributed by atoms with Crippen LogP contribution >= 0.6 is 12.2 Å². The van der Waals surface area contributed by atoms with Gasteiger partial charge in [-0.2, -0.15) is 0 Å². The predicted molar refractivity (Wildman–Crippen MR) is 70.2 cm³/mol. The van der Waals surface area contributed by atoms with E-state index in [1.807, 2.05) is 18.7 Å². The van der Waals surface area contributed by atoms with Crippen molar-refractivity contribution in [3.8, 4) is 0 Å². The van der Waals surface area contributed by atoms with Crippen molar-refractivity contribution in [2.24, 2.45) is 11.7 Å². The number of rotatable bonds is 6. The highest BCUT2D eigenvalue weighted by Crippen LogP contribution is 2.30. The molecule has 0 radical (unpaired) electrons. The second-order valence-electron chi connectivity index (χ2n) is 4.90. The van der Waals surface area contributed by atoms with Crippen molar-refractivity contribution >= 4 is 23.1 Å². The van der Waals surface area contributed by atoms with Gasteiger partial charge < -0.3 is 10.6 Å². The molecular formula is C12H22N2OS. The first kappa shape index (κ1) is 13.4. The Hall–Kier alpha value is -0.640. The van der Waals surface area contributed by atoms with Crippen molar-refractivity contribution in [2.75, 3.05) is 6.54 Å². The molecule has 2 N–H and O–H groups in total. The van der Waals surface area contributed by atoms with E-state index in [0.717, 1.165) is 0 Å².